The molecule has 1 saturated heterocycles. The van der Waals surface area contributed by atoms with Crippen LogP contribution in [0.2, 0.25) is 0 Å². The van der Waals surface area contributed by atoms with Crippen molar-refractivity contribution in [2.24, 2.45) is 5.92 Å². The molecule has 4 rings (SSSR count). The van der Waals surface area contributed by atoms with Gasteiger partial charge in [-0.2, -0.15) is 0 Å². The molecule has 1 N–H and O–H groups in total. The number of hydrogen-bond donors (Lipinski definition) is 1. The summed E-state index contributed by atoms with van der Waals surface area (Å²) in [6.45, 7) is 4.20. The van der Waals surface area contributed by atoms with E-state index in [2.05, 4.69) is 19.9 Å². The van der Waals surface area contributed by atoms with Crippen molar-refractivity contribution in [1.29, 1.82) is 0 Å². The van der Waals surface area contributed by atoms with Crippen LogP contribution in [0.5, 0.6) is 0 Å². The number of piperidine rings is 1. The maximum absolute atomic E-state index is 13.2. The molecule has 1 atom stereocenters. The predicted octanol–water partition coefficient (Wildman–Crippen LogP) is 3.08. The zero-order valence-electron chi connectivity index (χ0n) is 17.8. The number of pyridine rings is 1. The normalized spacial score (nSPS) is 15.6. The smallest absolute Gasteiger partial charge is 0.407 e. The lowest BCUT2D eigenvalue weighted by Crippen LogP contribution is -2.46. The molecule has 0 radical (unpaired) electrons. The largest absolute Gasteiger partial charge is 0.453 e. The molecular formula is C23H27N5O3. The third kappa shape index (κ3) is 4.52. The summed E-state index contributed by atoms with van der Waals surface area (Å²) in [4.78, 5) is 35.7. The van der Waals surface area contributed by atoms with Crippen molar-refractivity contribution in [3.05, 3.63) is 60.2 Å². The highest BCUT2D eigenvalue weighted by molar-refractivity contribution is 5.87. The molecule has 162 valence electrons. The SMILES string of the molecule is COC(=O)NC(C(=O)N1CCC(Cn2c(C)nc3cnccc32)CC1)c1ccccc1. The van der Waals surface area contributed by atoms with Crippen LogP contribution >= 0.6 is 0 Å². The first-order chi connectivity index (χ1) is 15.1. The minimum absolute atomic E-state index is 0.106. The third-order valence-corrected chi connectivity index (χ3v) is 5.94. The molecule has 1 fully saturated rings. The second kappa shape index (κ2) is 9.16. The van der Waals surface area contributed by atoms with Gasteiger partial charge in [0.05, 0.1) is 18.8 Å². The average molecular weight is 422 g/mol. The molecule has 31 heavy (non-hydrogen) atoms. The molecule has 2 amide bonds. The van der Waals surface area contributed by atoms with Crippen LogP contribution in [-0.4, -0.2) is 51.6 Å². The Kier molecular flexibility index (Phi) is 6.16. The number of rotatable bonds is 5. The van der Waals surface area contributed by atoms with E-state index in [0.717, 1.165) is 41.8 Å². The summed E-state index contributed by atoms with van der Waals surface area (Å²) in [6, 6.07) is 10.5. The van der Waals surface area contributed by atoms with Crippen LogP contribution in [0.15, 0.2) is 48.8 Å². The molecule has 8 nitrogen and oxygen atoms in total. The number of alkyl carbamates (subject to hydrolysis) is 1. The van der Waals surface area contributed by atoms with E-state index in [-0.39, 0.29) is 5.91 Å². The second-order valence-corrected chi connectivity index (χ2v) is 7.88. The summed E-state index contributed by atoms with van der Waals surface area (Å²) >= 11 is 0. The van der Waals surface area contributed by atoms with Crippen molar-refractivity contribution in [2.75, 3.05) is 20.2 Å². The van der Waals surface area contributed by atoms with E-state index in [9.17, 15) is 9.59 Å². The number of amides is 2. The fourth-order valence-corrected chi connectivity index (χ4v) is 4.22. The number of imidazole rings is 1. The van der Waals surface area contributed by atoms with Gasteiger partial charge in [-0.15, -0.1) is 0 Å². The highest BCUT2D eigenvalue weighted by Crippen LogP contribution is 2.25. The monoisotopic (exact) mass is 421 g/mol. The minimum atomic E-state index is -0.752. The Morgan fingerprint density at radius 3 is 2.65 bits per heavy atom. The van der Waals surface area contributed by atoms with Crippen molar-refractivity contribution in [2.45, 2.75) is 32.4 Å². The number of hydrogen-bond acceptors (Lipinski definition) is 5. The van der Waals surface area contributed by atoms with Crippen molar-refractivity contribution in [3.63, 3.8) is 0 Å². The van der Waals surface area contributed by atoms with Crippen LogP contribution in [0, 0.1) is 12.8 Å². The Bertz CT molecular complexity index is 1060. The van der Waals surface area contributed by atoms with Crippen molar-refractivity contribution in [1.82, 2.24) is 24.8 Å². The number of ether oxygens (including phenoxy) is 1. The van der Waals surface area contributed by atoms with E-state index in [0.29, 0.717) is 19.0 Å². The summed E-state index contributed by atoms with van der Waals surface area (Å²) in [5, 5.41) is 2.68. The van der Waals surface area contributed by atoms with E-state index in [1.807, 2.05) is 48.2 Å². The van der Waals surface area contributed by atoms with Crippen molar-refractivity contribution >= 4 is 23.0 Å². The first-order valence-corrected chi connectivity index (χ1v) is 10.5. The quantitative estimate of drug-likeness (QED) is 0.684. The molecule has 8 heteroatoms. The number of carbonyl (C=O) groups excluding carboxylic acids is 2. The highest BCUT2D eigenvalue weighted by Gasteiger charge is 2.31. The third-order valence-electron chi connectivity index (χ3n) is 5.94. The number of fused-ring (bicyclic) bond motifs is 1. The van der Waals surface area contributed by atoms with Gasteiger partial charge < -0.3 is 19.5 Å². The van der Waals surface area contributed by atoms with Gasteiger partial charge in [0.1, 0.15) is 17.4 Å². The molecular weight excluding hydrogens is 394 g/mol. The Balaban J connectivity index is 1.42. The number of methoxy groups -OCH3 is 1. The number of carbonyl (C=O) groups is 2. The molecule has 2 aromatic heterocycles. The maximum Gasteiger partial charge on any atom is 0.407 e. The number of nitrogens with one attached hydrogen (secondary N) is 1. The summed E-state index contributed by atoms with van der Waals surface area (Å²) in [5.41, 5.74) is 2.75. The van der Waals surface area contributed by atoms with E-state index in [4.69, 9.17) is 4.74 Å². The van der Waals surface area contributed by atoms with Crippen LogP contribution in [0.25, 0.3) is 11.0 Å². The molecule has 0 saturated carbocycles. The molecule has 1 aromatic carbocycles. The van der Waals surface area contributed by atoms with Crippen molar-refractivity contribution < 1.29 is 14.3 Å². The number of benzene rings is 1. The van der Waals surface area contributed by atoms with Gasteiger partial charge >= 0.3 is 6.09 Å². The number of aryl methyl sites for hydroxylation is 1. The number of likely N-dealkylation sites (tertiary alicyclic amines) is 1. The molecule has 1 unspecified atom stereocenters. The lowest BCUT2D eigenvalue weighted by atomic mass is 9.95. The number of aromatic nitrogens is 3. The van der Waals surface area contributed by atoms with Gasteiger partial charge in [-0.3, -0.25) is 9.78 Å². The van der Waals surface area contributed by atoms with E-state index in [1.165, 1.54) is 7.11 Å². The Morgan fingerprint density at radius 2 is 1.94 bits per heavy atom. The molecule has 0 aliphatic carbocycles. The summed E-state index contributed by atoms with van der Waals surface area (Å²) in [7, 11) is 1.30. The Labute approximate surface area is 181 Å². The van der Waals surface area contributed by atoms with Crippen LogP contribution in [0.1, 0.15) is 30.3 Å². The highest BCUT2D eigenvalue weighted by atomic mass is 16.5. The van der Waals surface area contributed by atoms with Gasteiger partial charge in [-0.25, -0.2) is 9.78 Å². The van der Waals surface area contributed by atoms with E-state index in [1.54, 1.807) is 12.4 Å². The second-order valence-electron chi connectivity index (χ2n) is 7.88. The van der Waals surface area contributed by atoms with Gasteiger partial charge in [0.25, 0.3) is 0 Å². The van der Waals surface area contributed by atoms with Gasteiger partial charge in [0.15, 0.2) is 0 Å². The molecule has 3 aromatic rings. The van der Waals surface area contributed by atoms with E-state index < -0.39 is 12.1 Å². The molecule has 0 bridgehead atoms. The number of nitrogens with zero attached hydrogens (tertiary/aromatic N) is 4. The lowest BCUT2D eigenvalue weighted by Gasteiger charge is -2.34. The minimum Gasteiger partial charge on any atom is -0.453 e. The topological polar surface area (TPSA) is 89.4 Å². The first kappa shape index (κ1) is 20.8. The van der Waals surface area contributed by atoms with Crippen LogP contribution in [0.4, 0.5) is 4.79 Å². The van der Waals surface area contributed by atoms with Gasteiger partial charge in [0, 0.05) is 25.8 Å². The molecule has 0 spiro atoms. The lowest BCUT2D eigenvalue weighted by molar-refractivity contribution is -0.135. The predicted molar refractivity (Wildman–Crippen MR) is 116 cm³/mol. The van der Waals surface area contributed by atoms with Gasteiger partial charge in [-0.1, -0.05) is 30.3 Å². The fraction of sp³-hybridized carbons (Fsp3) is 0.391. The van der Waals surface area contributed by atoms with Gasteiger partial charge in [-0.05, 0) is 37.3 Å². The van der Waals surface area contributed by atoms with E-state index >= 15 is 0 Å². The maximum atomic E-state index is 13.2. The molecule has 3 heterocycles. The molecule has 1 aliphatic heterocycles. The van der Waals surface area contributed by atoms with Crippen LogP contribution in [0.3, 0.4) is 0 Å². The fourth-order valence-electron chi connectivity index (χ4n) is 4.22. The van der Waals surface area contributed by atoms with Crippen molar-refractivity contribution in [3.8, 4) is 0 Å². The summed E-state index contributed by atoms with van der Waals surface area (Å²) < 4.78 is 6.97. The zero-order valence-corrected chi connectivity index (χ0v) is 17.8. The Morgan fingerprint density at radius 1 is 1.19 bits per heavy atom. The zero-order chi connectivity index (χ0) is 21.8. The Hall–Kier alpha value is -3.42. The van der Waals surface area contributed by atoms with Crippen LogP contribution in [-0.2, 0) is 16.1 Å². The standard InChI is InChI=1S/C23H27N5O3/c1-16-25-19-14-24-11-8-20(19)28(16)15-17-9-12-27(13-10-17)22(29)21(26-23(30)31-2)18-6-4-3-5-7-18/h3-8,11,14,17,21H,9-10,12-13,15H2,1-2H3,(H,26,30). The first-order valence-electron chi connectivity index (χ1n) is 10.5. The van der Waals surface area contributed by atoms with Crippen LogP contribution < -0.4 is 5.32 Å². The average Bonchev–Trinajstić information content (AvgIpc) is 3.13. The summed E-state index contributed by atoms with van der Waals surface area (Å²) in [6.07, 6.45) is 4.76. The summed E-state index contributed by atoms with van der Waals surface area (Å²) in [5.74, 6) is 1.33. The van der Waals surface area contributed by atoms with Gasteiger partial charge in [0.2, 0.25) is 5.91 Å². The molecule has 1 aliphatic rings.